The Labute approximate surface area is 140 Å². The molecule has 3 heteroatoms. The molecule has 23 heavy (non-hydrogen) atoms. The summed E-state index contributed by atoms with van der Waals surface area (Å²) >= 11 is 0. The lowest BCUT2D eigenvalue weighted by Crippen LogP contribution is -2.46. The van der Waals surface area contributed by atoms with Crippen LogP contribution in [-0.4, -0.2) is 30.4 Å². The Morgan fingerprint density at radius 3 is 2.70 bits per heavy atom. The van der Waals surface area contributed by atoms with Crippen LogP contribution in [0.5, 0.6) is 0 Å². The normalized spacial score (nSPS) is 23.5. The van der Waals surface area contributed by atoms with Crippen molar-refractivity contribution in [3.8, 4) is 0 Å². The van der Waals surface area contributed by atoms with Crippen LogP contribution in [0.3, 0.4) is 0 Å². The molecule has 0 radical (unpaired) electrons. The number of unbranched alkanes of at least 4 members (excludes halogenated alkanes) is 1. The summed E-state index contributed by atoms with van der Waals surface area (Å²) in [5.74, 6) is 0.0788. The zero-order chi connectivity index (χ0) is 16.3. The Morgan fingerprint density at radius 2 is 2.00 bits per heavy atom. The molecule has 0 bridgehead atoms. The lowest BCUT2D eigenvalue weighted by Gasteiger charge is -2.47. The molecule has 1 unspecified atom stereocenters. The van der Waals surface area contributed by atoms with E-state index < -0.39 is 0 Å². The number of nitrogens with zero attached hydrogens (tertiary/aromatic N) is 1. The molecule has 126 valence electrons. The van der Waals surface area contributed by atoms with E-state index in [0.29, 0.717) is 5.41 Å². The largest absolute Gasteiger partial charge is 0.350 e. The van der Waals surface area contributed by atoms with Gasteiger partial charge in [0.25, 0.3) is 0 Å². The van der Waals surface area contributed by atoms with E-state index in [0.717, 1.165) is 6.42 Å². The van der Waals surface area contributed by atoms with Crippen molar-refractivity contribution in [2.45, 2.75) is 63.8 Å². The number of hydrogen-bond donors (Lipinski definition) is 1. The van der Waals surface area contributed by atoms with Crippen LogP contribution in [0, 0.1) is 0 Å². The lowest BCUT2D eigenvalue weighted by atomic mass is 9.63. The van der Waals surface area contributed by atoms with E-state index >= 15 is 0 Å². The third-order valence-corrected chi connectivity index (χ3v) is 5.84. The van der Waals surface area contributed by atoms with E-state index in [9.17, 15) is 4.79 Å². The fourth-order valence-corrected chi connectivity index (χ4v) is 4.50. The first-order chi connectivity index (χ1) is 11.1. The number of piperidine rings is 1. The summed E-state index contributed by atoms with van der Waals surface area (Å²) in [6.07, 6.45) is 7.40. The molecule has 1 atom stereocenters. The number of hydrogen-bond acceptors (Lipinski definition) is 2. The van der Waals surface area contributed by atoms with Crippen LogP contribution < -0.4 is 5.32 Å². The molecule has 0 saturated carbocycles. The van der Waals surface area contributed by atoms with Crippen LogP contribution >= 0.6 is 0 Å². The number of carbonyl (C=O) groups is 1. The minimum Gasteiger partial charge on any atom is -0.350 e. The van der Waals surface area contributed by atoms with Crippen molar-refractivity contribution in [2.75, 3.05) is 19.6 Å². The highest BCUT2D eigenvalue weighted by Crippen LogP contribution is 2.47. The quantitative estimate of drug-likeness (QED) is 0.917. The molecule has 3 nitrogen and oxygen atoms in total. The van der Waals surface area contributed by atoms with E-state index in [-0.39, 0.29) is 11.9 Å². The molecular formula is C20H30N2O. The van der Waals surface area contributed by atoms with Gasteiger partial charge in [-0.25, -0.2) is 0 Å². The van der Waals surface area contributed by atoms with Gasteiger partial charge in [0.15, 0.2) is 0 Å². The van der Waals surface area contributed by atoms with Gasteiger partial charge >= 0.3 is 0 Å². The van der Waals surface area contributed by atoms with Gasteiger partial charge in [0.05, 0.1) is 6.04 Å². The minimum absolute atomic E-state index is 0.0788. The van der Waals surface area contributed by atoms with Gasteiger partial charge in [-0.1, -0.05) is 37.6 Å². The van der Waals surface area contributed by atoms with Crippen molar-refractivity contribution in [1.29, 1.82) is 0 Å². The van der Waals surface area contributed by atoms with Gasteiger partial charge in [-0.2, -0.15) is 0 Å². The maximum Gasteiger partial charge on any atom is 0.217 e. The van der Waals surface area contributed by atoms with Crippen LogP contribution in [0.1, 0.15) is 69.5 Å². The number of benzene rings is 1. The number of nitrogens with one attached hydrogen (secondary N) is 1. The predicted octanol–water partition coefficient (Wildman–Crippen LogP) is 3.79. The molecule has 1 aliphatic heterocycles. The molecule has 1 spiro atoms. The van der Waals surface area contributed by atoms with Gasteiger partial charge in [0.2, 0.25) is 5.91 Å². The Morgan fingerprint density at radius 1 is 1.26 bits per heavy atom. The summed E-state index contributed by atoms with van der Waals surface area (Å²) in [5, 5.41) is 3.15. The molecular weight excluding hydrogens is 284 g/mol. The highest BCUT2D eigenvalue weighted by atomic mass is 16.1. The zero-order valence-corrected chi connectivity index (χ0v) is 14.6. The highest BCUT2D eigenvalue weighted by molar-refractivity contribution is 5.73. The van der Waals surface area contributed by atoms with E-state index in [1.807, 2.05) is 0 Å². The van der Waals surface area contributed by atoms with Gasteiger partial charge < -0.3 is 10.2 Å². The fourth-order valence-electron chi connectivity index (χ4n) is 4.50. The van der Waals surface area contributed by atoms with Gasteiger partial charge in [0.1, 0.15) is 0 Å². The lowest BCUT2D eigenvalue weighted by molar-refractivity contribution is -0.119. The van der Waals surface area contributed by atoms with E-state index in [1.54, 1.807) is 6.92 Å². The van der Waals surface area contributed by atoms with Crippen molar-refractivity contribution in [3.63, 3.8) is 0 Å². The second kappa shape index (κ2) is 7.04. The van der Waals surface area contributed by atoms with Crippen molar-refractivity contribution in [2.24, 2.45) is 0 Å². The molecule has 1 fully saturated rings. The third-order valence-electron chi connectivity index (χ3n) is 5.84. The summed E-state index contributed by atoms with van der Waals surface area (Å²) in [5.41, 5.74) is 3.20. The summed E-state index contributed by atoms with van der Waals surface area (Å²) in [6.45, 7) is 7.59. The average Bonchev–Trinajstić information content (AvgIpc) is 2.57. The van der Waals surface area contributed by atoms with Crippen LogP contribution in [-0.2, 0) is 10.2 Å². The molecule has 1 N–H and O–H groups in total. The van der Waals surface area contributed by atoms with Crippen molar-refractivity contribution < 1.29 is 4.79 Å². The Hall–Kier alpha value is -1.35. The second-order valence-corrected chi connectivity index (χ2v) is 7.35. The topological polar surface area (TPSA) is 32.3 Å². The zero-order valence-electron chi connectivity index (χ0n) is 14.6. The summed E-state index contributed by atoms with van der Waals surface area (Å²) < 4.78 is 0. The number of amides is 1. The Balaban J connectivity index is 1.78. The maximum atomic E-state index is 11.5. The van der Waals surface area contributed by atoms with Crippen molar-refractivity contribution >= 4 is 5.91 Å². The maximum absolute atomic E-state index is 11.5. The second-order valence-electron chi connectivity index (χ2n) is 7.35. The van der Waals surface area contributed by atoms with E-state index in [4.69, 9.17) is 0 Å². The first-order valence-electron chi connectivity index (χ1n) is 9.23. The van der Waals surface area contributed by atoms with Gasteiger partial charge in [-0.15, -0.1) is 0 Å². The molecule has 1 saturated heterocycles. The number of rotatable bonds is 4. The van der Waals surface area contributed by atoms with Crippen LogP contribution in [0.15, 0.2) is 24.3 Å². The molecule has 2 aliphatic rings. The monoisotopic (exact) mass is 314 g/mol. The van der Waals surface area contributed by atoms with Gasteiger partial charge in [-0.05, 0) is 68.3 Å². The first kappa shape index (κ1) is 16.5. The number of likely N-dealkylation sites (tertiary alicyclic amines) is 1. The number of carbonyl (C=O) groups excluding carboxylic acids is 1. The SMILES string of the molecule is CCCCN1CCC2(CCC(NC(C)=O)c3ccccc32)CC1. The van der Waals surface area contributed by atoms with Crippen LogP contribution in [0.4, 0.5) is 0 Å². The molecule has 1 aromatic carbocycles. The molecule has 3 rings (SSSR count). The van der Waals surface area contributed by atoms with Crippen LogP contribution in [0.25, 0.3) is 0 Å². The van der Waals surface area contributed by atoms with Crippen molar-refractivity contribution in [3.05, 3.63) is 35.4 Å². The predicted molar refractivity (Wildman–Crippen MR) is 94.5 cm³/mol. The summed E-state index contributed by atoms with van der Waals surface area (Å²) in [7, 11) is 0. The Bertz CT molecular complexity index is 546. The molecule has 1 amide bonds. The minimum atomic E-state index is 0.0788. The molecule has 1 heterocycles. The van der Waals surface area contributed by atoms with Gasteiger partial charge in [-0.3, -0.25) is 4.79 Å². The van der Waals surface area contributed by atoms with E-state index in [2.05, 4.69) is 41.4 Å². The Kier molecular flexibility index (Phi) is 5.05. The highest BCUT2D eigenvalue weighted by Gasteiger charge is 2.41. The summed E-state index contributed by atoms with van der Waals surface area (Å²) in [6, 6.07) is 9.02. The third kappa shape index (κ3) is 3.45. The van der Waals surface area contributed by atoms with E-state index in [1.165, 1.54) is 62.9 Å². The molecule has 1 aromatic rings. The van der Waals surface area contributed by atoms with Crippen LogP contribution in [0.2, 0.25) is 0 Å². The smallest absolute Gasteiger partial charge is 0.217 e. The van der Waals surface area contributed by atoms with Crippen molar-refractivity contribution in [1.82, 2.24) is 10.2 Å². The molecule has 0 aromatic heterocycles. The first-order valence-corrected chi connectivity index (χ1v) is 9.23. The molecule has 1 aliphatic carbocycles. The van der Waals surface area contributed by atoms with Gasteiger partial charge in [0, 0.05) is 6.92 Å². The average molecular weight is 314 g/mol. The standard InChI is InChI=1S/C20H30N2O/c1-3-4-13-22-14-11-20(12-15-22)10-9-19(21-16(2)23)17-7-5-6-8-18(17)20/h5-8,19H,3-4,9-15H2,1-2H3,(H,21,23). The summed E-state index contributed by atoms with van der Waals surface area (Å²) in [4.78, 5) is 14.2. The fraction of sp³-hybridized carbons (Fsp3) is 0.650. The number of fused-ring (bicyclic) bond motifs is 2.